The van der Waals surface area contributed by atoms with Gasteiger partial charge in [-0.05, 0) is 36.8 Å². The van der Waals surface area contributed by atoms with Gasteiger partial charge in [-0.25, -0.2) is 0 Å². The van der Waals surface area contributed by atoms with Crippen LogP contribution in [0, 0.1) is 0 Å². The van der Waals surface area contributed by atoms with Crippen LogP contribution in [0.1, 0.15) is 31.9 Å². The third-order valence-electron chi connectivity index (χ3n) is 5.13. The van der Waals surface area contributed by atoms with E-state index in [1.54, 1.807) is 0 Å². The fraction of sp³-hybridized carbons (Fsp3) is 0.409. The molecule has 2 unspecified atom stereocenters. The molecular weight excluding hydrogens is 356 g/mol. The molecule has 4 rings (SSSR count). The van der Waals surface area contributed by atoms with Crippen molar-refractivity contribution in [2.45, 2.75) is 32.4 Å². The molecule has 1 N–H and O–H groups in total. The Hall–Kier alpha value is -2.89. The highest BCUT2D eigenvalue weighted by Gasteiger charge is 2.28. The molecule has 1 saturated heterocycles. The summed E-state index contributed by atoms with van der Waals surface area (Å²) in [4.78, 5) is 13.5. The first-order valence-corrected chi connectivity index (χ1v) is 9.77. The van der Waals surface area contributed by atoms with Gasteiger partial charge in [0, 0.05) is 19.9 Å². The minimum atomic E-state index is -0.0312. The van der Waals surface area contributed by atoms with Crippen molar-refractivity contribution < 1.29 is 19.0 Å². The van der Waals surface area contributed by atoms with Crippen LogP contribution in [0.5, 0.6) is 17.2 Å². The van der Waals surface area contributed by atoms with Gasteiger partial charge < -0.3 is 24.4 Å². The topological polar surface area (TPSA) is 60.0 Å². The Morgan fingerprint density at radius 3 is 2.75 bits per heavy atom. The minimum Gasteiger partial charge on any atom is -0.489 e. The highest BCUT2D eigenvalue weighted by Crippen LogP contribution is 2.40. The number of rotatable bonds is 5. The van der Waals surface area contributed by atoms with Crippen molar-refractivity contribution in [2.24, 2.45) is 0 Å². The highest BCUT2D eigenvalue weighted by atomic mass is 16.6. The van der Waals surface area contributed by atoms with Crippen LogP contribution in [-0.2, 0) is 4.79 Å². The van der Waals surface area contributed by atoms with E-state index in [9.17, 15) is 4.79 Å². The van der Waals surface area contributed by atoms with Crippen LogP contribution in [0.3, 0.4) is 0 Å². The standard InChI is InChI=1S/C22H26N2O4/c1-15(23-16(2)25)17-6-8-18(9-7-17)28-19-10-11-24(14-19)20-4-3-5-21-22(20)27-13-12-26-21/h3-9,15,19H,10-14H2,1-2H3,(H,23,25). The number of carbonyl (C=O) groups is 1. The Morgan fingerprint density at radius 2 is 1.96 bits per heavy atom. The number of hydrogen-bond donors (Lipinski definition) is 1. The van der Waals surface area contributed by atoms with Gasteiger partial charge in [0.25, 0.3) is 0 Å². The van der Waals surface area contributed by atoms with E-state index in [4.69, 9.17) is 14.2 Å². The van der Waals surface area contributed by atoms with E-state index in [1.165, 1.54) is 6.92 Å². The zero-order valence-corrected chi connectivity index (χ0v) is 16.3. The molecule has 2 aliphatic rings. The van der Waals surface area contributed by atoms with Gasteiger partial charge in [0.1, 0.15) is 25.1 Å². The zero-order chi connectivity index (χ0) is 19.5. The molecule has 6 nitrogen and oxygen atoms in total. The predicted octanol–water partition coefficient (Wildman–Crippen LogP) is 3.31. The average molecular weight is 382 g/mol. The Balaban J connectivity index is 1.38. The lowest BCUT2D eigenvalue weighted by atomic mass is 10.1. The summed E-state index contributed by atoms with van der Waals surface area (Å²) in [5, 5.41) is 2.89. The minimum absolute atomic E-state index is 0.0139. The van der Waals surface area contributed by atoms with Crippen LogP contribution in [-0.4, -0.2) is 38.3 Å². The molecule has 0 spiro atoms. The molecule has 2 aliphatic heterocycles. The number of amides is 1. The quantitative estimate of drug-likeness (QED) is 0.860. The van der Waals surface area contributed by atoms with Crippen LogP contribution >= 0.6 is 0 Å². The van der Waals surface area contributed by atoms with Crippen molar-refractivity contribution in [2.75, 3.05) is 31.2 Å². The number of fused-ring (bicyclic) bond motifs is 1. The summed E-state index contributed by atoms with van der Waals surface area (Å²) >= 11 is 0. The maximum Gasteiger partial charge on any atom is 0.217 e. The van der Waals surface area contributed by atoms with Crippen molar-refractivity contribution >= 4 is 11.6 Å². The Morgan fingerprint density at radius 1 is 1.18 bits per heavy atom. The predicted molar refractivity (Wildman–Crippen MR) is 107 cm³/mol. The second-order valence-electron chi connectivity index (χ2n) is 7.27. The molecule has 148 valence electrons. The lowest BCUT2D eigenvalue weighted by Crippen LogP contribution is -2.26. The van der Waals surface area contributed by atoms with E-state index in [0.29, 0.717) is 13.2 Å². The van der Waals surface area contributed by atoms with E-state index in [-0.39, 0.29) is 18.1 Å². The molecule has 6 heteroatoms. The number of benzene rings is 2. The average Bonchev–Trinajstić information content (AvgIpc) is 3.16. The Kier molecular flexibility index (Phi) is 5.28. The largest absolute Gasteiger partial charge is 0.489 e. The first-order valence-electron chi connectivity index (χ1n) is 9.77. The van der Waals surface area contributed by atoms with Gasteiger partial charge in [-0.15, -0.1) is 0 Å². The van der Waals surface area contributed by atoms with E-state index in [1.807, 2.05) is 43.3 Å². The first kappa shape index (κ1) is 18.5. The van der Waals surface area contributed by atoms with Crippen LogP contribution in [0.4, 0.5) is 5.69 Å². The molecule has 0 saturated carbocycles. The molecule has 0 radical (unpaired) electrons. The molecule has 2 aromatic rings. The van der Waals surface area contributed by atoms with Crippen LogP contribution < -0.4 is 24.4 Å². The maximum absolute atomic E-state index is 11.2. The lowest BCUT2D eigenvalue weighted by molar-refractivity contribution is -0.119. The van der Waals surface area contributed by atoms with E-state index in [2.05, 4.69) is 16.3 Å². The highest BCUT2D eigenvalue weighted by molar-refractivity contribution is 5.73. The first-order chi connectivity index (χ1) is 13.6. The molecule has 0 bridgehead atoms. The van der Waals surface area contributed by atoms with Crippen molar-refractivity contribution in [1.29, 1.82) is 0 Å². The maximum atomic E-state index is 11.2. The van der Waals surface area contributed by atoms with Gasteiger partial charge in [-0.3, -0.25) is 4.79 Å². The summed E-state index contributed by atoms with van der Waals surface area (Å²) in [6.45, 7) is 6.41. The van der Waals surface area contributed by atoms with Gasteiger partial charge in [-0.1, -0.05) is 18.2 Å². The van der Waals surface area contributed by atoms with Gasteiger partial charge in [-0.2, -0.15) is 0 Å². The second kappa shape index (κ2) is 8.00. The number of nitrogens with one attached hydrogen (secondary N) is 1. The van der Waals surface area contributed by atoms with Gasteiger partial charge in [0.05, 0.1) is 18.3 Å². The number of ether oxygens (including phenoxy) is 3. The second-order valence-corrected chi connectivity index (χ2v) is 7.27. The van der Waals surface area contributed by atoms with Gasteiger partial charge in [0.2, 0.25) is 5.91 Å². The molecule has 28 heavy (non-hydrogen) atoms. The van der Waals surface area contributed by atoms with Crippen molar-refractivity contribution in [3.05, 3.63) is 48.0 Å². The molecule has 2 heterocycles. The van der Waals surface area contributed by atoms with Gasteiger partial charge >= 0.3 is 0 Å². The zero-order valence-electron chi connectivity index (χ0n) is 16.3. The number of hydrogen-bond acceptors (Lipinski definition) is 5. The molecule has 1 amide bonds. The number of anilines is 1. The van der Waals surface area contributed by atoms with Gasteiger partial charge in [0.15, 0.2) is 11.5 Å². The van der Waals surface area contributed by atoms with Crippen molar-refractivity contribution in [3.63, 3.8) is 0 Å². The summed E-state index contributed by atoms with van der Waals surface area (Å²) in [6, 6.07) is 14.0. The molecule has 0 aromatic heterocycles. The van der Waals surface area contributed by atoms with E-state index in [0.717, 1.165) is 48.0 Å². The Labute approximate surface area is 165 Å². The Bertz CT molecular complexity index is 837. The smallest absolute Gasteiger partial charge is 0.217 e. The monoisotopic (exact) mass is 382 g/mol. The van der Waals surface area contributed by atoms with Crippen molar-refractivity contribution in [1.82, 2.24) is 5.32 Å². The van der Waals surface area contributed by atoms with E-state index >= 15 is 0 Å². The molecule has 2 aromatic carbocycles. The molecule has 1 fully saturated rings. The SMILES string of the molecule is CC(=O)NC(C)c1ccc(OC2CCN(c3cccc4c3OCCO4)C2)cc1. The lowest BCUT2D eigenvalue weighted by Gasteiger charge is -2.26. The van der Waals surface area contributed by atoms with Crippen LogP contribution in [0.25, 0.3) is 0 Å². The summed E-state index contributed by atoms with van der Waals surface area (Å²) in [6.07, 6.45) is 1.08. The normalized spacial score (nSPS) is 19.2. The molecule has 2 atom stereocenters. The fourth-order valence-corrected chi connectivity index (χ4v) is 3.77. The third kappa shape index (κ3) is 4.01. The van der Waals surface area contributed by atoms with Crippen LogP contribution in [0.15, 0.2) is 42.5 Å². The summed E-state index contributed by atoms with van der Waals surface area (Å²) in [5.41, 5.74) is 2.13. The molecular formula is C22H26N2O4. The van der Waals surface area contributed by atoms with E-state index < -0.39 is 0 Å². The molecule has 0 aliphatic carbocycles. The van der Waals surface area contributed by atoms with Crippen LogP contribution in [0.2, 0.25) is 0 Å². The summed E-state index contributed by atoms with van der Waals surface area (Å²) in [5.74, 6) is 2.47. The summed E-state index contributed by atoms with van der Waals surface area (Å²) in [7, 11) is 0. The summed E-state index contributed by atoms with van der Waals surface area (Å²) < 4.78 is 17.7. The number of carbonyl (C=O) groups excluding carboxylic acids is 1. The number of nitrogens with zero attached hydrogens (tertiary/aromatic N) is 1. The number of para-hydroxylation sites is 1. The fourth-order valence-electron chi connectivity index (χ4n) is 3.77. The van der Waals surface area contributed by atoms with Crippen molar-refractivity contribution in [3.8, 4) is 17.2 Å². The third-order valence-corrected chi connectivity index (χ3v) is 5.13.